The van der Waals surface area contributed by atoms with Crippen LogP contribution < -0.4 is 10.5 Å². The average Bonchev–Trinajstić information content (AvgIpc) is 2.16. The first-order valence-electron chi connectivity index (χ1n) is 5.30. The van der Waals surface area contributed by atoms with E-state index in [9.17, 15) is 18.3 Å². The van der Waals surface area contributed by atoms with Gasteiger partial charge in [0.1, 0.15) is 5.56 Å². The quantitative estimate of drug-likeness (QED) is 0.881. The fourth-order valence-electron chi connectivity index (χ4n) is 1.66. The molecule has 0 saturated carbocycles. The first kappa shape index (κ1) is 14.6. The van der Waals surface area contributed by atoms with Crippen LogP contribution in [-0.2, 0) is 12.6 Å². The Hall–Kier alpha value is -1.43. The predicted molar refractivity (Wildman–Crippen MR) is 61.6 cm³/mol. The second kappa shape index (κ2) is 4.68. The zero-order chi connectivity index (χ0) is 14.1. The van der Waals surface area contributed by atoms with Crippen molar-refractivity contribution >= 4 is 0 Å². The summed E-state index contributed by atoms with van der Waals surface area (Å²) in [4.78, 5) is 0. The Bertz CT molecular complexity index is 436. The Kier molecular flexibility index (Phi) is 3.81. The maximum Gasteiger partial charge on any atom is 0.420 e. The van der Waals surface area contributed by atoms with Crippen molar-refractivity contribution in [1.29, 1.82) is 0 Å². The molecule has 0 amide bonds. The number of rotatable bonds is 3. The smallest absolute Gasteiger partial charge is 0.420 e. The van der Waals surface area contributed by atoms with E-state index in [1.807, 2.05) is 0 Å². The standard InChI is InChI=1S/C12H16F3NO2/c1-11(2,16)6-7-4-8(12(13,14)15)10(17)9(5-7)18-3/h4-5,17H,6,16H2,1-3H3. The largest absolute Gasteiger partial charge is 0.504 e. The Morgan fingerprint density at radius 3 is 2.22 bits per heavy atom. The first-order chi connectivity index (χ1) is 8.04. The van der Waals surface area contributed by atoms with E-state index in [2.05, 4.69) is 0 Å². The monoisotopic (exact) mass is 263 g/mol. The molecule has 3 nitrogen and oxygen atoms in total. The topological polar surface area (TPSA) is 55.5 Å². The highest BCUT2D eigenvalue weighted by molar-refractivity contribution is 5.50. The average molecular weight is 263 g/mol. The highest BCUT2D eigenvalue weighted by Gasteiger charge is 2.36. The molecule has 0 bridgehead atoms. The molecule has 1 aromatic carbocycles. The Labute approximate surface area is 103 Å². The van der Waals surface area contributed by atoms with Crippen molar-refractivity contribution in [2.45, 2.75) is 32.0 Å². The van der Waals surface area contributed by atoms with Gasteiger partial charge in [0.15, 0.2) is 11.5 Å². The minimum absolute atomic E-state index is 0.205. The third-order valence-electron chi connectivity index (χ3n) is 2.32. The lowest BCUT2D eigenvalue weighted by Gasteiger charge is -2.20. The summed E-state index contributed by atoms with van der Waals surface area (Å²) in [6.07, 6.45) is -4.39. The second-order valence-corrected chi connectivity index (χ2v) is 4.86. The van der Waals surface area contributed by atoms with Gasteiger partial charge in [0.25, 0.3) is 0 Å². The van der Waals surface area contributed by atoms with Gasteiger partial charge in [-0.25, -0.2) is 0 Å². The van der Waals surface area contributed by atoms with Crippen LogP contribution in [0.3, 0.4) is 0 Å². The molecule has 0 spiro atoms. The summed E-state index contributed by atoms with van der Waals surface area (Å²) in [5.41, 5.74) is 4.38. The number of halogens is 3. The van der Waals surface area contributed by atoms with Crippen molar-refractivity contribution in [3.05, 3.63) is 23.3 Å². The number of alkyl halides is 3. The highest BCUT2D eigenvalue weighted by atomic mass is 19.4. The van der Waals surface area contributed by atoms with Gasteiger partial charge in [-0.1, -0.05) is 0 Å². The summed E-state index contributed by atoms with van der Waals surface area (Å²) < 4.78 is 42.9. The molecule has 3 N–H and O–H groups in total. The Morgan fingerprint density at radius 1 is 1.28 bits per heavy atom. The van der Waals surface area contributed by atoms with Gasteiger partial charge in [-0.3, -0.25) is 0 Å². The lowest BCUT2D eigenvalue weighted by molar-refractivity contribution is -0.139. The van der Waals surface area contributed by atoms with E-state index in [-0.39, 0.29) is 12.2 Å². The van der Waals surface area contributed by atoms with Gasteiger partial charge < -0.3 is 15.6 Å². The van der Waals surface area contributed by atoms with Gasteiger partial charge in [0.2, 0.25) is 0 Å². The van der Waals surface area contributed by atoms with E-state index in [0.717, 1.165) is 6.07 Å². The predicted octanol–water partition coefficient (Wildman–Crippen LogP) is 2.70. The first-order valence-corrected chi connectivity index (χ1v) is 5.30. The van der Waals surface area contributed by atoms with Crippen LogP contribution in [-0.4, -0.2) is 17.8 Å². The van der Waals surface area contributed by atoms with Crippen LogP contribution in [0.1, 0.15) is 25.0 Å². The molecule has 0 saturated heterocycles. The summed E-state index contributed by atoms with van der Waals surface area (Å²) in [6, 6.07) is 2.26. The van der Waals surface area contributed by atoms with Gasteiger partial charge in [-0.2, -0.15) is 13.2 Å². The molecule has 0 heterocycles. The third kappa shape index (κ3) is 3.53. The lowest BCUT2D eigenvalue weighted by Crippen LogP contribution is -2.34. The normalized spacial score (nSPS) is 12.6. The summed E-state index contributed by atoms with van der Waals surface area (Å²) in [7, 11) is 1.20. The second-order valence-electron chi connectivity index (χ2n) is 4.86. The molecule has 0 fully saturated rings. The molecule has 18 heavy (non-hydrogen) atoms. The number of methoxy groups -OCH3 is 1. The maximum absolute atomic E-state index is 12.7. The number of phenols is 1. The molecule has 0 radical (unpaired) electrons. The van der Waals surface area contributed by atoms with Gasteiger partial charge >= 0.3 is 6.18 Å². The van der Waals surface area contributed by atoms with Crippen molar-refractivity contribution < 1.29 is 23.0 Å². The van der Waals surface area contributed by atoms with Crippen LogP contribution >= 0.6 is 0 Å². The van der Waals surface area contributed by atoms with E-state index in [4.69, 9.17) is 10.5 Å². The number of aromatic hydroxyl groups is 1. The van der Waals surface area contributed by atoms with Gasteiger partial charge in [-0.15, -0.1) is 0 Å². The molecule has 1 rings (SSSR count). The summed E-state index contributed by atoms with van der Waals surface area (Å²) in [5.74, 6) is -1.10. The Morgan fingerprint density at radius 2 is 1.83 bits per heavy atom. The zero-order valence-corrected chi connectivity index (χ0v) is 10.4. The van der Waals surface area contributed by atoms with Crippen LogP contribution in [0.15, 0.2) is 12.1 Å². The number of nitrogens with two attached hydrogens (primary N) is 1. The lowest BCUT2D eigenvalue weighted by atomic mass is 9.94. The molecule has 0 aliphatic rings. The number of phenolic OH excluding ortho intramolecular Hbond substituents is 1. The van der Waals surface area contributed by atoms with E-state index >= 15 is 0 Å². The fourth-order valence-corrected chi connectivity index (χ4v) is 1.66. The molecule has 0 unspecified atom stereocenters. The van der Waals surface area contributed by atoms with Crippen molar-refractivity contribution in [1.82, 2.24) is 0 Å². The molecule has 0 aromatic heterocycles. The third-order valence-corrected chi connectivity index (χ3v) is 2.32. The maximum atomic E-state index is 12.7. The molecular formula is C12H16F3NO2. The molecule has 0 aliphatic carbocycles. The minimum Gasteiger partial charge on any atom is -0.504 e. The van der Waals surface area contributed by atoms with E-state index in [0.29, 0.717) is 5.56 Å². The molecule has 0 atom stereocenters. The van der Waals surface area contributed by atoms with Gasteiger partial charge in [0.05, 0.1) is 7.11 Å². The van der Waals surface area contributed by atoms with Crippen LogP contribution in [0, 0.1) is 0 Å². The van der Waals surface area contributed by atoms with Crippen molar-refractivity contribution in [3.63, 3.8) is 0 Å². The van der Waals surface area contributed by atoms with Crippen LogP contribution in [0.4, 0.5) is 13.2 Å². The summed E-state index contributed by atoms with van der Waals surface area (Å²) >= 11 is 0. The van der Waals surface area contributed by atoms with Crippen LogP contribution in [0.25, 0.3) is 0 Å². The summed E-state index contributed by atoms with van der Waals surface area (Å²) in [6.45, 7) is 3.42. The van der Waals surface area contributed by atoms with Gasteiger partial charge in [0, 0.05) is 5.54 Å². The molecular weight excluding hydrogens is 247 g/mol. The SMILES string of the molecule is COc1cc(CC(C)(C)N)cc(C(F)(F)F)c1O. The van der Waals surface area contributed by atoms with E-state index < -0.39 is 23.0 Å². The van der Waals surface area contributed by atoms with Gasteiger partial charge in [-0.05, 0) is 38.0 Å². The van der Waals surface area contributed by atoms with Crippen molar-refractivity contribution in [2.24, 2.45) is 5.73 Å². The minimum atomic E-state index is -4.63. The Balaban J connectivity index is 3.31. The van der Waals surface area contributed by atoms with E-state index in [1.165, 1.54) is 13.2 Å². The fraction of sp³-hybridized carbons (Fsp3) is 0.500. The summed E-state index contributed by atoms with van der Waals surface area (Å²) in [5, 5.41) is 9.47. The molecule has 1 aromatic rings. The number of ether oxygens (including phenoxy) is 1. The molecule has 0 aliphatic heterocycles. The highest BCUT2D eigenvalue weighted by Crippen LogP contribution is 2.42. The van der Waals surface area contributed by atoms with Crippen molar-refractivity contribution in [3.8, 4) is 11.5 Å². The van der Waals surface area contributed by atoms with Crippen LogP contribution in [0.2, 0.25) is 0 Å². The molecule has 102 valence electrons. The van der Waals surface area contributed by atoms with E-state index in [1.54, 1.807) is 13.8 Å². The molecule has 6 heteroatoms. The van der Waals surface area contributed by atoms with Crippen molar-refractivity contribution in [2.75, 3.05) is 7.11 Å². The number of hydrogen-bond donors (Lipinski definition) is 2. The zero-order valence-electron chi connectivity index (χ0n) is 10.4. The number of hydrogen-bond acceptors (Lipinski definition) is 3. The number of benzene rings is 1. The van der Waals surface area contributed by atoms with Crippen LogP contribution in [0.5, 0.6) is 11.5 Å².